The Labute approximate surface area is 114 Å². The van der Waals surface area contributed by atoms with Crippen molar-refractivity contribution in [3.63, 3.8) is 0 Å². The topological polar surface area (TPSA) is 89.6 Å². The van der Waals surface area contributed by atoms with Crippen LogP contribution in [0.3, 0.4) is 0 Å². The minimum atomic E-state index is -0.330. The second-order valence-electron chi connectivity index (χ2n) is 4.40. The molecule has 0 amide bonds. The summed E-state index contributed by atoms with van der Waals surface area (Å²) in [4.78, 5) is 22.4. The number of fused-ring (bicyclic) bond motifs is 1. The van der Waals surface area contributed by atoms with Crippen LogP contribution in [0.25, 0.3) is 17.2 Å². The minimum Gasteiger partial charge on any atom is -0.369 e. The van der Waals surface area contributed by atoms with Crippen LogP contribution >= 0.6 is 0 Å². The first-order chi connectivity index (χ1) is 9.69. The smallest absolute Gasteiger partial charge is 0.280 e. The number of H-pyrrole nitrogens is 1. The van der Waals surface area contributed by atoms with Gasteiger partial charge >= 0.3 is 0 Å². The Morgan fingerprint density at radius 2 is 2.20 bits per heavy atom. The summed E-state index contributed by atoms with van der Waals surface area (Å²) >= 11 is 0. The van der Waals surface area contributed by atoms with Crippen molar-refractivity contribution in [2.45, 2.75) is 6.54 Å². The number of anilines is 1. The minimum absolute atomic E-state index is 0.0845. The van der Waals surface area contributed by atoms with Crippen molar-refractivity contribution < 1.29 is 0 Å². The largest absolute Gasteiger partial charge is 0.369 e. The van der Waals surface area contributed by atoms with Crippen molar-refractivity contribution in [3.8, 4) is 0 Å². The molecule has 0 spiro atoms. The monoisotopic (exact) mass is 267 g/mol. The van der Waals surface area contributed by atoms with E-state index in [0.29, 0.717) is 12.2 Å². The normalized spacial score (nSPS) is 10.8. The van der Waals surface area contributed by atoms with Crippen molar-refractivity contribution in [2.75, 3.05) is 5.73 Å². The van der Waals surface area contributed by atoms with E-state index in [2.05, 4.69) is 21.5 Å². The summed E-state index contributed by atoms with van der Waals surface area (Å²) in [6.45, 7) is 4.35. The van der Waals surface area contributed by atoms with Crippen LogP contribution in [0.2, 0.25) is 0 Å². The van der Waals surface area contributed by atoms with Gasteiger partial charge in [-0.2, -0.15) is 4.98 Å². The molecule has 1 aromatic carbocycles. The summed E-state index contributed by atoms with van der Waals surface area (Å²) in [7, 11) is 0. The molecule has 0 aliphatic heterocycles. The molecule has 3 aromatic rings. The Hall–Kier alpha value is -2.89. The van der Waals surface area contributed by atoms with Crippen molar-refractivity contribution in [3.05, 3.63) is 58.7 Å². The summed E-state index contributed by atoms with van der Waals surface area (Å²) in [6, 6.07) is 7.89. The van der Waals surface area contributed by atoms with Crippen LogP contribution in [0.15, 0.2) is 42.0 Å². The fraction of sp³-hybridized carbons (Fsp3) is 0.0714. The van der Waals surface area contributed by atoms with Gasteiger partial charge < -0.3 is 10.3 Å². The number of hydrogen-bond donors (Lipinski definition) is 2. The number of aromatic nitrogens is 4. The quantitative estimate of drug-likeness (QED) is 0.750. The summed E-state index contributed by atoms with van der Waals surface area (Å²) in [5, 5.41) is 0. The maximum Gasteiger partial charge on any atom is 0.280 e. The number of benzene rings is 1. The average molecular weight is 267 g/mol. The van der Waals surface area contributed by atoms with Crippen molar-refractivity contribution >= 4 is 23.2 Å². The zero-order chi connectivity index (χ0) is 14.1. The first-order valence-corrected chi connectivity index (χ1v) is 6.10. The molecule has 6 nitrogen and oxygen atoms in total. The number of nitrogens with zero attached hydrogens (tertiary/aromatic N) is 3. The first-order valence-electron chi connectivity index (χ1n) is 6.10. The highest BCUT2D eigenvalue weighted by Gasteiger charge is 2.10. The number of imidazole rings is 1. The first kappa shape index (κ1) is 12.2. The second-order valence-corrected chi connectivity index (χ2v) is 4.40. The van der Waals surface area contributed by atoms with Crippen LogP contribution in [0.4, 0.5) is 5.95 Å². The molecule has 3 N–H and O–H groups in total. The molecule has 0 aliphatic rings. The Kier molecular flexibility index (Phi) is 2.83. The highest BCUT2D eigenvalue weighted by atomic mass is 16.1. The fourth-order valence-corrected chi connectivity index (χ4v) is 2.15. The molecular formula is C14H13N5O. The van der Waals surface area contributed by atoms with Gasteiger partial charge in [0.25, 0.3) is 5.56 Å². The number of nitrogens with two attached hydrogens (primary N) is 1. The van der Waals surface area contributed by atoms with Gasteiger partial charge in [-0.1, -0.05) is 36.9 Å². The van der Waals surface area contributed by atoms with Crippen molar-refractivity contribution in [2.24, 2.45) is 0 Å². The molecule has 0 bridgehead atoms. The van der Waals surface area contributed by atoms with Crippen LogP contribution in [0.1, 0.15) is 11.1 Å². The standard InChI is InChI=1S/C14H13N5O/c1-2-9-5-3-4-6-10(9)7-19-8-16-11-12(19)17-14(15)18-13(11)20/h2-6,8H,1,7H2,(H3,15,17,18,20). The fourth-order valence-electron chi connectivity index (χ4n) is 2.15. The van der Waals surface area contributed by atoms with Gasteiger partial charge in [0, 0.05) is 0 Å². The van der Waals surface area contributed by atoms with Gasteiger partial charge in [-0.25, -0.2) is 4.98 Å². The maximum atomic E-state index is 11.7. The lowest BCUT2D eigenvalue weighted by molar-refractivity contribution is 0.812. The van der Waals surface area contributed by atoms with E-state index in [0.717, 1.165) is 11.1 Å². The van der Waals surface area contributed by atoms with E-state index in [1.54, 1.807) is 17.0 Å². The molecule has 3 rings (SSSR count). The van der Waals surface area contributed by atoms with Gasteiger partial charge in [-0.15, -0.1) is 0 Å². The average Bonchev–Trinajstić information content (AvgIpc) is 2.83. The molecule has 0 saturated heterocycles. The third kappa shape index (κ3) is 1.97. The van der Waals surface area contributed by atoms with E-state index in [9.17, 15) is 4.79 Å². The molecule has 2 aromatic heterocycles. The van der Waals surface area contributed by atoms with E-state index < -0.39 is 0 Å². The van der Waals surface area contributed by atoms with E-state index in [4.69, 9.17) is 5.73 Å². The van der Waals surface area contributed by atoms with Gasteiger partial charge in [0.2, 0.25) is 5.95 Å². The lowest BCUT2D eigenvalue weighted by atomic mass is 10.1. The molecule has 0 unspecified atom stereocenters. The van der Waals surface area contributed by atoms with E-state index in [1.807, 2.05) is 24.3 Å². The second kappa shape index (κ2) is 4.65. The highest BCUT2D eigenvalue weighted by Crippen LogP contribution is 2.14. The van der Waals surface area contributed by atoms with Crippen molar-refractivity contribution in [1.29, 1.82) is 0 Å². The van der Waals surface area contributed by atoms with Crippen LogP contribution < -0.4 is 11.3 Å². The van der Waals surface area contributed by atoms with Gasteiger partial charge in [-0.3, -0.25) is 9.78 Å². The molecule has 0 atom stereocenters. The van der Waals surface area contributed by atoms with Crippen LogP contribution in [-0.2, 0) is 6.54 Å². The van der Waals surface area contributed by atoms with Crippen LogP contribution in [0, 0.1) is 0 Å². The summed E-state index contributed by atoms with van der Waals surface area (Å²) < 4.78 is 1.79. The Morgan fingerprint density at radius 3 is 3.00 bits per heavy atom. The summed E-state index contributed by atoms with van der Waals surface area (Å²) in [5.41, 5.74) is 8.12. The van der Waals surface area contributed by atoms with Crippen LogP contribution in [-0.4, -0.2) is 19.5 Å². The molecule has 2 heterocycles. The van der Waals surface area contributed by atoms with E-state index in [1.165, 1.54) is 0 Å². The Balaban J connectivity index is 2.12. The number of aromatic amines is 1. The maximum absolute atomic E-state index is 11.7. The van der Waals surface area contributed by atoms with Gasteiger partial charge in [0.05, 0.1) is 12.9 Å². The molecule has 0 radical (unpaired) electrons. The van der Waals surface area contributed by atoms with Gasteiger partial charge in [-0.05, 0) is 11.1 Å². The number of nitrogen functional groups attached to an aromatic ring is 1. The molecule has 0 saturated carbocycles. The lowest BCUT2D eigenvalue weighted by Gasteiger charge is -2.07. The molecular weight excluding hydrogens is 254 g/mol. The molecule has 100 valence electrons. The predicted octanol–water partition coefficient (Wildman–Crippen LogP) is 1.39. The molecule has 6 heteroatoms. The van der Waals surface area contributed by atoms with E-state index in [-0.39, 0.29) is 17.0 Å². The zero-order valence-corrected chi connectivity index (χ0v) is 10.7. The molecule has 0 aliphatic carbocycles. The Bertz CT molecular complexity index is 846. The molecule has 0 fully saturated rings. The zero-order valence-electron chi connectivity index (χ0n) is 10.7. The van der Waals surface area contributed by atoms with Gasteiger partial charge in [0.1, 0.15) is 0 Å². The summed E-state index contributed by atoms with van der Waals surface area (Å²) in [6.07, 6.45) is 3.38. The highest BCUT2D eigenvalue weighted by molar-refractivity contribution is 5.70. The Morgan fingerprint density at radius 1 is 1.40 bits per heavy atom. The molecule has 20 heavy (non-hydrogen) atoms. The van der Waals surface area contributed by atoms with Gasteiger partial charge in [0.15, 0.2) is 11.2 Å². The SMILES string of the molecule is C=Cc1ccccc1Cn1cnc2c(=O)[nH]c(N)nc21. The van der Waals surface area contributed by atoms with Crippen LogP contribution in [0.5, 0.6) is 0 Å². The lowest BCUT2D eigenvalue weighted by Crippen LogP contribution is -2.12. The summed E-state index contributed by atoms with van der Waals surface area (Å²) in [5.74, 6) is 0.0845. The number of rotatable bonds is 3. The van der Waals surface area contributed by atoms with Crippen molar-refractivity contribution in [1.82, 2.24) is 19.5 Å². The number of nitrogens with one attached hydrogen (secondary N) is 1. The predicted molar refractivity (Wildman–Crippen MR) is 78.2 cm³/mol. The van der Waals surface area contributed by atoms with E-state index >= 15 is 0 Å². The number of hydrogen-bond acceptors (Lipinski definition) is 4. The third-order valence-corrected chi connectivity index (χ3v) is 3.11. The third-order valence-electron chi connectivity index (χ3n) is 3.11.